The smallest absolute Gasteiger partial charge is 0.222 e. The molecule has 1 N–H and O–H groups in total. The molecule has 4 nitrogen and oxygen atoms in total. The van der Waals surface area contributed by atoms with E-state index in [1.165, 1.54) is 11.1 Å². The average molecular weight is 390 g/mol. The van der Waals surface area contributed by atoms with Crippen LogP contribution in [0.2, 0.25) is 5.02 Å². The number of fused-ring (bicyclic) bond motifs is 1. The lowest BCUT2D eigenvalue weighted by atomic mass is 9.93. The standard InChI is InChI=1S/C17H14BrClN4/c18-13-5-1-12(2-6-13)16-9-15(11-3-7-14(19)8-4-11)22-17-20-10-21-23(16)17/h1-8,10,15-16H,9H2,(H,20,21,22)/t15-,16-/m1/s1. The van der Waals surface area contributed by atoms with Crippen LogP contribution in [0.15, 0.2) is 59.3 Å². The monoisotopic (exact) mass is 388 g/mol. The number of nitrogens with one attached hydrogen (secondary N) is 1. The molecule has 2 heterocycles. The van der Waals surface area contributed by atoms with Crippen molar-refractivity contribution in [1.29, 1.82) is 0 Å². The minimum absolute atomic E-state index is 0.155. The van der Waals surface area contributed by atoms with E-state index in [0.29, 0.717) is 0 Å². The average Bonchev–Trinajstić information content (AvgIpc) is 3.04. The van der Waals surface area contributed by atoms with Crippen LogP contribution in [-0.4, -0.2) is 14.8 Å². The third-order valence-electron chi connectivity index (χ3n) is 4.16. The molecule has 0 spiro atoms. The van der Waals surface area contributed by atoms with Gasteiger partial charge in [0.1, 0.15) is 6.33 Å². The summed E-state index contributed by atoms with van der Waals surface area (Å²) in [5, 5.41) is 8.60. The molecular formula is C17H14BrClN4. The van der Waals surface area contributed by atoms with Crippen LogP contribution >= 0.6 is 27.5 Å². The molecule has 0 saturated heterocycles. The van der Waals surface area contributed by atoms with Gasteiger partial charge >= 0.3 is 0 Å². The largest absolute Gasteiger partial charge is 0.348 e. The summed E-state index contributed by atoms with van der Waals surface area (Å²) in [5.41, 5.74) is 2.42. The first-order valence-electron chi connectivity index (χ1n) is 7.38. The van der Waals surface area contributed by atoms with Crippen molar-refractivity contribution in [3.63, 3.8) is 0 Å². The third-order valence-corrected chi connectivity index (χ3v) is 4.94. The van der Waals surface area contributed by atoms with Gasteiger partial charge in [0.25, 0.3) is 0 Å². The van der Waals surface area contributed by atoms with E-state index in [1.807, 2.05) is 16.8 Å². The Morgan fingerprint density at radius 3 is 2.48 bits per heavy atom. The molecule has 1 aromatic heterocycles. The van der Waals surface area contributed by atoms with Gasteiger partial charge in [0.2, 0.25) is 5.95 Å². The molecule has 23 heavy (non-hydrogen) atoms. The van der Waals surface area contributed by atoms with Gasteiger partial charge in [0.05, 0.1) is 12.1 Å². The Hall–Kier alpha value is -1.85. The second-order valence-electron chi connectivity index (χ2n) is 5.58. The number of nitrogens with zero attached hydrogens (tertiary/aromatic N) is 3. The van der Waals surface area contributed by atoms with E-state index in [9.17, 15) is 0 Å². The lowest BCUT2D eigenvalue weighted by molar-refractivity contribution is 0.431. The van der Waals surface area contributed by atoms with E-state index in [1.54, 1.807) is 6.33 Å². The van der Waals surface area contributed by atoms with Crippen molar-refractivity contribution in [3.8, 4) is 0 Å². The molecule has 0 unspecified atom stereocenters. The number of rotatable bonds is 2. The molecule has 0 aliphatic carbocycles. The van der Waals surface area contributed by atoms with E-state index >= 15 is 0 Å². The number of anilines is 1. The zero-order valence-electron chi connectivity index (χ0n) is 12.2. The molecular weight excluding hydrogens is 376 g/mol. The Bertz CT molecular complexity index is 813. The van der Waals surface area contributed by atoms with E-state index in [-0.39, 0.29) is 12.1 Å². The summed E-state index contributed by atoms with van der Waals surface area (Å²) in [6.07, 6.45) is 2.50. The fraction of sp³-hybridized carbons (Fsp3) is 0.176. The van der Waals surface area contributed by atoms with E-state index < -0.39 is 0 Å². The van der Waals surface area contributed by atoms with Crippen molar-refractivity contribution in [2.75, 3.05) is 5.32 Å². The van der Waals surface area contributed by atoms with Gasteiger partial charge in [-0.1, -0.05) is 51.8 Å². The van der Waals surface area contributed by atoms with Crippen molar-refractivity contribution < 1.29 is 0 Å². The molecule has 6 heteroatoms. The fourth-order valence-corrected chi connectivity index (χ4v) is 3.39. The van der Waals surface area contributed by atoms with Crippen LogP contribution in [0.3, 0.4) is 0 Å². The Labute approximate surface area is 147 Å². The van der Waals surface area contributed by atoms with E-state index in [4.69, 9.17) is 11.6 Å². The maximum Gasteiger partial charge on any atom is 0.222 e. The maximum absolute atomic E-state index is 6.00. The highest BCUT2D eigenvalue weighted by Crippen LogP contribution is 2.37. The highest BCUT2D eigenvalue weighted by molar-refractivity contribution is 9.10. The third kappa shape index (κ3) is 2.86. The first kappa shape index (κ1) is 14.7. The maximum atomic E-state index is 6.00. The SMILES string of the molecule is Clc1ccc([C@H]2C[C@H](c3ccc(Br)cc3)n3ncnc3N2)cc1. The van der Waals surface area contributed by atoms with Gasteiger partial charge in [-0.15, -0.1) is 0 Å². The van der Waals surface area contributed by atoms with Crippen LogP contribution in [-0.2, 0) is 0 Å². The van der Waals surface area contributed by atoms with Crippen LogP contribution in [0.25, 0.3) is 0 Å². The van der Waals surface area contributed by atoms with Gasteiger partial charge in [-0.25, -0.2) is 4.68 Å². The summed E-state index contributed by atoms with van der Waals surface area (Å²) in [4.78, 5) is 4.35. The van der Waals surface area contributed by atoms with Crippen molar-refractivity contribution in [2.45, 2.75) is 18.5 Å². The van der Waals surface area contributed by atoms with Crippen molar-refractivity contribution >= 4 is 33.5 Å². The van der Waals surface area contributed by atoms with Crippen molar-refractivity contribution in [3.05, 3.63) is 75.5 Å². The number of halogens is 2. The Kier molecular flexibility index (Phi) is 3.83. The molecule has 2 aromatic carbocycles. The van der Waals surface area contributed by atoms with Crippen LogP contribution in [0, 0.1) is 0 Å². The van der Waals surface area contributed by atoms with Gasteiger partial charge in [-0.2, -0.15) is 10.1 Å². The predicted molar refractivity (Wildman–Crippen MR) is 94.7 cm³/mol. The molecule has 116 valence electrons. The number of hydrogen-bond acceptors (Lipinski definition) is 3. The Morgan fingerprint density at radius 1 is 1.04 bits per heavy atom. The highest BCUT2D eigenvalue weighted by Gasteiger charge is 2.29. The Morgan fingerprint density at radius 2 is 1.74 bits per heavy atom. The molecule has 0 fully saturated rings. The van der Waals surface area contributed by atoms with Crippen LogP contribution in [0.1, 0.15) is 29.6 Å². The summed E-state index contributed by atoms with van der Waals surface area (Å²) in [5.74, 6) is 0.795. The molecule has 4 rings (SSSR count). The molecule has 0 saturated carbocycles. The lowest BCUT2D eigenvalue weighted by Gasteiger charge is -2.31. The number of hydrogen-bond donors (Lipinski definition) is 1. The molecule has 2 atom stereocenters. The summed E-state index contributed by atoms with van der Waals surface area (Å²) < 4.78 is 3.03. The minimum atomic E-state index is 0.155. The quantitative estimate of drug-likeness (QED) is 0.682. The minimum Gasteiger partial charge on any atom is -0.348 e. The van der Waals surface area contributed by atoms with Crippen molar-refractivity contribution in [2.24, 2.45) is 0 Å². The second kappa shape index (κ2) is 5.98. The topological polar surface area (TPSA) is 42.7 Å². The van der Waals surface area contributed by atoms with Crippen LogP contribution in [0.4, 0.5) is 5.95 Å². The van der Waals surface area contributed by atoms with Crippen molar-refractivity contribution in [1.82, 2.24) is 14.8 Å². The summed E-state index contributed by atoms with van der Waals surface area (Å²) in [7, 11) is 0. The molecule has 0 amide bonds. The first-order valence-corrected chi connectivity index (χ1v) is 8.55. The van der Waals surface area contributed by atoms with Gasteiger partial charge in [-0.3, -0.25) is 0 Å². The zero-order valence-corrected chi connectivity index (χ0v) is 14.5. The highest BCUT2D eigenvalue weighted by atomic mass is 79.9. The lowest BCUT2D eigenvalue weighted by Crippen LogP contribution is -2.28. The summed E-state index contributed by atoms with van der Waals surface area (Å²) in [6.45, 7) is 0. The fourth-order valence-electron chi connectivity index (χ4n) is 3.00. The number of aromatic nitrogens is 3. The van der Waals surface area contributed by atoms with Crippen LogP contribution in [0.5, 0.6) is 0 Å². The van der Waals surface area contributed by atoms with Gasteiger partial charge in [-0.05, 0) is 41.8 Å². The first-order chi connectivity index (χ1) is 11.2. The summed E-state index contributed by atoms with van der Waals surface area (Å²) >= 11 is 9.49. The molecule has 0 radical (unpaired) electrons. The second-order valence-corrected chi connectivity index (χ2v) is 6.93. The Balaban J connectivity index is 1.71. The van der Waals surface area contributed by atoms with Gasteiger partial charge in [0.15, 0.2) is 0 Å². The van der Waals surface area contributed by atoms with E-state index in [0.717, 1.165) is 21.9 Å². The molecule has 3 aromatic rings. The zero-order chi connectivity index (χ0) is 15.8. The molecule has 0 bridgehead atoms. The van der Waals surface area contributed by atoms with Crippen LogP contribution < -0.4 is 5.32 Å². The molecule has 1 aliphatic heterocycles. The van der Waals surface area contributed by atoms with Gasteiger partial charge < -0.3 is 5.32 Å². The van der Waals surface area contributed by atoms with E-state index in [2.05, 4.69) is 67.7 Å². The normalized spacial score (nSPS) is 19.9. The molecule has 1 aliphatic rings. The van der Waals surface area contributed by atoms with Gasteiger partial charge in [0, 0.05) is 9.50 Å². The summed E-state index contributed by atoms with van der Waals surface area (Å²) in [6, 6.07) is 16.7. The predicted octanol–water partition coefficient (Wildman–Crippen LogP) is 4.84. The number of benzene rings is 2.